The van der Waals surface area contributed by atoms with Crippen LogP contribution in [-0.4, -0.2) is 109 Å². The third kappa shape index (κ3) is 14.0. The van der Waals surface area contributed by atoms with Crippen molar-refractivity contribution in [2.24, 2.45) is 11.3 Å². The molecule has 64 heavy (non-hydrogen) atoms. The number of aromatic nitrogens is 1. The van der Waals surface area contributed by atoms with Gasteiger partial charge in [-0.2, -0.15) is 0 Å². The molecule has 1 aliphatic heterocycles. The maximum absolute atomic E-state index is 13.8. The lowest BCUT2D eigenvalue weighted by molar-refractivity contribution is -0.152. The van der Waals surface area contributed by atoms with E-state index in [2.05, 4.69) is 53.9 Å². The molecule has 1 fully saturated rings. The van der Waals surface area contributed by atoms with E-state index in [-0.39, 0.29) is 80.7 Å². The number of benzene rings is 1. The molecule has 14 heteroatoms. The average Bonchev–Trinajstić information content (AvgIpc) is 3.96. The lowest BCUT2D eigenvalue weighted by Gasteiger charge is -2.40. The van der Waals surface area contributed by atoms with Crippen LogP contribution in [0, 0.1) is 16.7 Å². The third-order valence-electron chi connectivity index (χ3n) is 13.1. The molecule has 0 spiro atoms. The van der Waals surface area contributed by atoms with Crippen LogP contribution in [0.15, 0.2) is 28.9 Å². The van der Waals surface area contributed by atoms with E-state index in [1.807, 2.05) is 30.9 Å². The summed E-state index contributed by atoms with van der Waals surface area (Å²) >= 11 is 3.79. The predicted molar refractivity (Wildman–Crippen MR) is 252 cm³/mol. The minimum atomic E-state index is -0.831. The highest BCUT2D eigenvalue weighted by Crippen LogP contribution is 2.52. The van der Waals surface area contributed by atoms with E-state index in [0.717, 1.165) is 109 Å². The van der Waals surface area contributed by atoms with Gasteiger partial charge in [0.15, 0.2) is 12.0 Å². The molecular formula is C50H73BrN4O9. The number of hydrogen-bond donors (Lipinski definition) is 1. The molecule has 3 aliphatic rings. The number of hydrogen-bond acceptors (Lipinski definition) is 11. The molecule has 2 atom stereocenters. The van der Waals surface area contributed by atoms with Crippen molar-refractivity contribution >= 4 is 68.0 Å². The summed E-state index contributed by atoms with van der Waals surface area (Å²) in [6.45, 7) is 10.1. The van der Waals surface area contributed by atoms with Crippen molar-refractivity contribution in [1.29, 1.82) is 5.41 Å². The Morgan fingerprint density at radius 3 is 2.03 bits per heavy atom. The van der Waals surface area contributed by atoms with E-state index < -0.39 is 17.5 Å². The molecule has 5 rings (SSSR count). The van der Waals surface area contributed by atoms with Crippen LogP contribution in [0.3, 0.4) is 0 Å². The number of carbonyl (C=O) groups is 5. The molecular weight excluding hydrogens is 880 g/mol. The van der Waals surface area contributed by atoms with Gasteiger partial charge in [-0.3, -0.25) is 38.8 Å². The number of nitrogens with zero attached hydrogens (tertiary/aromatic N) is 3. The highest BCUT2D eigenvalue weighted by molar-refractivity contribution is 9.10. The molecule has 354 valence electrons. The zero-order valence-electron chi connectivity index (χ0n) is 39.1. The second-order valence-electron chi connectivity index (χ2n) is 18.1. The van der Waals surface area contributed by atoms with Gasteiger partial charge in [0.05, 0.1) is 29.1 Å². The van der Waals surface area contributed by atoms with E-state index in [1.165, 1.54) is 0 Å². The number of likely N-dealkylation sites (N-methyl/N-ethyl adjacent to an activating group) is 1. The summed E-state index contributed by atoms with van der Waals surface area (Å²) in [5.74, 6) is -1.34. The van der Waals surface area contributed by atoms with Crippen LogP contribution in [0.2, 0.25) is 0 Å². The van der Waals surface area contributed by atoms with Crippen LogP contribution in [-0.2, 0) is 44.5 Å². The van der Waals surface area contributed by atoms with Crippen molar-refractivity contribution in [3.63, 3.8) is 0 Å². The summed E-state index contributed by atoms with van der Waals surface area (Å²) in [5.41, 5.74) is 3.61. The van der Waals surface area contributed by atoms with E-state index in [4.69, 9.17) is 24.4 Å². The smallest absolute Gasteiger partial charge is 0.306 e. The summed E-state index contributed by atoms with van der Waals surface area (Å²) in [4.78, 5) is 69.5. The summed E-state index contributed by atoms with van der Waals surface area (Å²) in [6.07, 6.45) is 15.0. The molecule has 1 aromatic carbocycles. The highest BCUT2D eigenvalue weighted by Gasteiger charge is 2.46. The van der Waals surface area contributed by atoms with Crippen molar-refractivity contribution in [2.45, 2.75) is 162 Å². The minimum Gasteiger partial charge on any atom is -0.471 e. The summed E-state index contributed by atoms with van der Waals surface area (Å²) in [7, 11) is 2.07. The Morgan fingerprint density at radius 1 is 0.812 bits per heavy atom. The second kappa shape index (κ2) is 25.0. The number of nitrogens with one attached hydrogen (secondary N) is 1. The number of unbranched alkanes of at least 4 members (excludes halogenated alkanes) is 8. The van der Waals surface area contributed by atoms with Gasteiger partial charge >= 0.3 is 17.9 Å². The first-order valence-electron chi connectivity index (χ1n) is 24.1. The van der Waals surface area contributed by atoms with Crippen LogP contribution >= 0.6 is 15.9 Å². The standard InChI is InChI=1S/C50H73BrN4O9/c1-6-10-12-14-16-23-44(57)62-33-36(34-63-45(58)24-17-15-13-11-7-2)64-42(52)30-50(25-26-50)31-46(59)61-27-19-22-43(56)55-40-21-18-20-37-38-28-35(49(60)54(8-3)9-4)32-53(5)41(38)29-39(47(37)40)48(55)51/h18,20-21,28,35-36,41,52H,6-17,19,22-27,29-34H2,1-5H3/t35-,41?/m1/s1. The molecule has 2 aliphatic carbocycles. The van der Waals surface area contributed by atoms with E-state index in [1.54, 1.807) is 4.57 Å². The molecule has 2 heterocycles. The third-order valence-corrected chi connectivity index (χ3v) is 13.9. The molecule has 2 aromatic rings. The Balaban J connectivity index is 1.11. The van der Waals surface area contributed by atoms with E-state index in [9.17, 15) is 24.0 Å². The van der Waals surface area contributed by atoms with Crippen molar-refractivity contribution in [1.82, 2.24) is 14.4 Å². The zero-order valence-corrected chi connectivity index (χ0v) is 40.7. The summed E-state index contributed by atoms with van der Waals surface area (Å²) in [5, 5.41) is 9.71. The van der Waals surface area contributed by atoms with Crippen LogP contribution in [0.5, 0.6) is 0 Å². The van der Waals surface area contributed by atoms with Crippen LogP contribution in [0.25, 0.3) is 16.5 Å². The molecule has 0 radical (unpaired) electrons. The number of ether oxygens (including phenoxy) is 4. The van der Waals surface area contributed by atoms with Crippen molar-refractivity contribution < 1.29 is 42.9 Å². The van der Waals surface area contributed by atoms with Gasteiger partial charge in [0, 0.05) is 56.7 Å². The molecule has 1 N–H and O–H groups in total. The van der Waals surface area contributed by atoms with Crippen LogP contribution in [0.4, 0.5) is 0 Å². The van der Waals surface area contributed by atoms with Gasteiger partial charge in [-0.25, -0.2) is 0 Å². The van der Waals surface area contributed by atoms with Crippen molar-refractivity contribution in [2.75, 3.05) is 46.5 Å². The molecule has 0 bridgehead atoms. The van der Waals surface area contributed by atoms with E-state index >= 15 is 0 Å². The fraction of sp³-hybridized carbons (Fsp3) is 0.680. The molecule has 0 saturated heterocycles. The molecule has 1 saturated carbocycles. The van der Waals surface area contributed by atoms with Gasteiger partial charge in [0.2, 0.25) is 11.8 Å². The Hall–Kier alpha value is -4.04. The lowest BCUT2D eigenvalue weighted by Crippen LogP contribution is -2.47. The Kier molecular flexibility index (Phi) is 19.9. The number of halogens is 1. The fourth-order valence-corrected chi connectivity index (χ4v) is 9.94. The Labute approximate surface area is 388 Å². The van der Waals surface area contributed by atoms with E-state index in [0.29, 0.717) is 45.3 Å². The number of fused-ring (bicyclic) bond motifs is 2. The first kappa shape index (κ1) is 51.0. The summed E-state index contributed by atoms with van der Waals surface area (Å²) in [6, 6.07) is 6.10. The number of esters is 3. The Bertz CT molecular complexity index is 1940. The second-order valence-corrected chi connectivity index (χ2v) is 18.9. The minimum absolute atomic E-state index is 0.0572. The summed E-state index contributed by atoms with van der Waals surface area (Å²) < 4.78 is 25.0. The van der Waals surface area contributed by atoms with Crippen molar-refractivity contribution in [3.05, 3.63) is 40.0 Å². The number of amides is 1. The first-order chi connectivity index (χ1) is 30.8. The average molecular weight is 954 g/mol. The molecule has 1 aromatic heterocycles. The molecule has 13 nitrogen and oxygen atoms in total. The van der Waals surface area contributed by atoms with Crippen LogP contribution < -0.4 is 0 Å². The Morgan fingerprint density at radius 2 is 1.44 bits per heavy atom. The topological polar surface area (TPSA) is 158 Å². The SMILES string of the molecule is CCCCCCCC(=O)OCC(COC(=O)CCCCCCC)OC(=N)CC1(CC(=O)OCCCC(=O)n2c(Br)c3c4c(cccc42)C2=C[C@@H](C(=O)N(CC)CC)CN(C)C2C3)CC1. The van der Waals surface area contributed by atoms with Gasteiger partial charge in [0.25, 0.3) is 0 Å². The van der Waals surface area contributed by atoms with Gasteiger partial charge in [-0.05, 0) is 104 Å². The maximum Gasteiger partial charge on any atom is 0.306 e. The lowest BCUT2D eigenvalue weighted by atomic mass is 9.79. The number of carbonyl (C=O) groups excluding carboxylic acids is 5. The first-order valence-corrected chi connectivity index (χ1v) is 24.9. The molecule has 1 amide bonds. The zero-order chi connectivity index (χ0) is 46.2. The highest BCUT2D eigenvalue weighted by atomic mass is 79.9. The van der Waals surface area contributed by atoms with Crippen LogP contribution in [0.1, 0.15) is 159 Å². The van der Waals surface area contributed by atoms with Gasteiger partial charge in [-0.1, -0.05) is 83.4 Å². The largest absolute Gasteiger partial charge is 0.471 e. The normalized spacial score (nSPS) is 17.4. The van der Waals surface area contributed by atoms with Crippen molar-refractivity contribution in [3.8, 4) is 0 Å². The van der Waals surface area contributed by atoms with Gasteiger partial charge < -0.3 is 23.8 Å². The van der Waals surface area contributed by atoms with Gasteiger partial charge in [0.1, 0.15) is 13.2 Å². The number of rotatable bonds is 28. The quantitative estimate of drug-likeness (QED) is 0.0286. The fourth-order valence-electron chi connectivity index (χ4n) is 9.19. The van der Waals surface area contributed by atoms with Gasteiger partial charge in [-0.15, -0.1) is 0 Å². The maximum atomic E-state index is 13.8. The predicted octanol–water partition coefficient (Wildman–Crippen LogP) is 9.84. The monoisotopic (exact) mass is 952 g/mol. The molecule has 1 unspecified atom stereocenters.